The van der Waals surface area contributed by atoms with Crippen LogP contribution in [0.2, 0.25) is 0 Å². The van der Waals surface area contributed by atoms with Crippen molar-refractivity contribution in [3.05, 3.63) is 15.6 Å². The number of hydrogen-bond acceptors (Lipinski definition) is 4. The van der Waals surface area contributed by atoms with Crippen molar-refractivity contribution in [1.82, 2.24) is 4.98 Å². The summed E-state index contributed by atoms with van der Waals surface area (Å²) in [5, 5.41) is 10.2. The van der Waals surface area contributed by atoms with Gasteiger partial charge in [-0.2, -0.15) is 0 Å². The summed E-state index contributed by atoms with van der Waals surface area (Å²) in [6, 6.07) is 0. The number of carboxylic acid groups (broad SMARTS) is 1. The lowest BCUT2D eigenvalue weighted by Gasteiger charge is -2.21. The van der Waals surface area contributed by atoms with Crippen LogP contribution in [-0.4, -0.2) is 28.8 Å². The third-order valence-corrected chi connectivity index (χ3v) is 4.89. The largest absolute Gasteiger partial charge is 0.481 e. The minimum absolute atomic E-state index is 0.285. The van der Waals surface area contributed by atoms with Crippen molar-refractivity contribution in [2.45, 2.75) is 50.5 Å². The van der Waals surface area contributed by atoms with E-state index in [0.717, 1.165) is 43.0 Å². The predicted molar refractivity (Wildman–Crippen MR) is 68.1 cm³/mol. The Morgan fingerprint density at radius 1 is 1.44 bits per heavy atom. The van der Waals surface area contributed by atoms with E-state index >= 15 is 0 Å². The molecule has 1 saturated heterocycles. The zero-order valence-corrected chi connectivity index (χ0v) is 11.0. The van der Waals surface area contributed by atoms with E-state index in [9.17, 15) is 4.79 Å². The van der Waals surface area contributed by atoms with Gasteiger partial charge in [0, 0.05) is 17.9 Å². The lowest BCUT2D eigenvalue weighted by atomic mass is 10.1. The van der Waals surface area contributed by atoms with Gasteiger partial charge in [0.2, 0.25) is 0 Å². The Morgan fingerprint density at radius 3 is 3.06 bits per heavy atom. The number of hydrogen-bond donors (Lipinski definition) is 1. The number of nitrogens with zero attached hydrogens (tertiary/aromatic N) is 1. The quantitative estimate of drug-likeness (QED) is 0.913. The van der Waals surface area contributed by atoms with E-state index in [-0.39, 0.29) is 12.0 Å². The van der Waals surface area contributed by atoms with E-state index in [1.165, 1.54) is 11.3 Å². The average molecular weight is 267 g/mol. The summed E-state index contributed by atoms with van der Waals surface area (Å²) in [4.78, 5) is 16.8. The maximum absolute atomic E-state index is 11.1. The molecule has 0 bridgehead atoms. The van der Waals surface area contributed by atoms with Gasteiger partial charge in [0.15, 0.2) is 0 Å². The number of aryl methyl sites for hydroxylation is 1. The summed E-state index contributed by atoms with van der Waals surface area (Å²) in [7, 11) is 0. The fourth-order valence-electron chi connectivity index (χ4n) is 2.77. The van der Waals surface area contributed by atoms with Crippen LogP contribution in [0, 0.1) is 0 Å². The van der Waals surface area contributed by atoms with Crippen LogP contribution in [0.1, 0.15) is 47.2 Å². The van der Waals surface area contributed by atoms with Gasteiger partial charge in [-0.3, -0.25) is 4.79 Å². The zero-order chi connectivity index (χ0) is 12.5. The molecule has 18 heavy (non-hydrogen) atoms. The van der Waals surface area contributed by atoms with Gasteiger partial charge in [0.1, 0.15) is 5.92 Å². The molecule has 0 amide bonds. The maximum Gasteiger partial charge on any atom is 0.312 e. The second-order valence-corrected chi connectivity index (χ2v) is 6.21. The smallest absolute Gasteiger partial charge is 0.312 e. The highest BCUT2D eigenvalue weighted by Crippen LogP contribution is 2.37. The third kappa shape index (κ3) is 2.29. The fraction of sp³-hybridized carbons (Fsp3) is 0.692. The van der Waals surface area contributed by atoms with Crippen molar-refractivity contribution in [2.75, 3.05) is 6.61 Å². The van der Waals surface area contributed by atoms with Gasteiger partial charge >= 0.3 is 5.97 Å². The van der Waals surface area contributed by atoms with Gasteiger partial charge < -0.3 is 9.84 Å². The van der Waals surface area contributed by atoms with Crippen LogP contribution in [0.5, 0.6) is 0 Å². The first-order valence-electron chi connectivity index (χ1n) is 6.57. The van der Waals surface area contributed by atoms with Gasteiger partial charge in [0.05, 0.1) is 16.8 Å². The Morgan fingerprint density at radius 2 is 2.33 bits per heavy atom. The second-order valence-electron chi connectivity index (χ2n) is 5.04. The van der Waals surface area contributed by atoms with Crippen LogP contribution >= 0.6 is 11.3 Å². The molecule has 1 aliphatic heterocycles. The highest BCUT2D eigenvalue weighted by Gasteiger charge is 2.32. The Labute approximate surface area is 110 Å². The van der Waals surface area contributed by atoms with Crippen LogP contribution < -0.4 is 0 Å². The van der Waals surface area contributed by atoms with Crippen molar-refractivity contribution in [2.24, 2.45) is 0 Å². The van der Waals surface area contributed by atoms with Crippen molar-refractivity contribution < 1.29 is 14.6 Å². The van der Waals surface area contributed by atoms with Gasteiger partial charge in [-0.1, -0.05) is 0 Å². The Bertz CT molecular complexity index is 451. The molecule has 1 N–H and O–H groups in total. The van der Waals surface area contributed by atoms with Crippen molar-refractivity contribution in [3.63, 3.8) is 0 Å². The molecular formula is C13H17NO3S. The summed E-state index contributed by atoms with van der Waals surface area (Å²) in [5.41, 5.74) is 0.818. The number of carbonyl (C=O) groups is 1. The first kappa shape index (κ1) is 12.1. The van der Waals surface area contributed by atoms with E-state index in [2.05, 4.69) is 4.98 Å². The van der Waals surface area contributed by atoms with Gasteiger partial charge in [-0.05, 0) is 32.1 Å². The molecule has 1 fully saturated rings. The molecular weight excluding hydrogens is 250 g/mol. The summed E-state index contributed by atoms with van der Waals surface area (Å²) >= 11 is 1.68. The minimum atomic E-state index is -0.737. The van der Waals surface area contributed by atoms with E-state index in [0.29, 0.717) is 6.42 Å². The summed E-state index contributed by atoms with van der Waals surface area (Å²) < 4.78 is 5.71. The minimum Gasteiger partial charge on any atom is -0.481 e. The van der Waals surface area contributed by atoms with Crippen LogP contribution in [-0.2, 0) is 22.4 Å². The zero-order valence-electron chi connectivity index (χ0n) is 10.2. The van der Waals surface area contributed by atoms with Crippen molar-refractivity contribution >= 4 is 17.3 Å². The molecule has 2 atom stereocenters. The predicted octanol–water partition coefficient (Wildman–Crippen LogP) is 2.37. The normalized spacial score (nSPS) is 27.1. The third-order valence-electron chi connectivity index (χ3n) is 3.74. The number of ether oxygens (including phenoxy) is 1. The van der Waals surface area contributed by atoms with E-state index in [4.69, 9.17) is 9.84 Å². The van der Waals surface area contributed by atoms with Crippen LogP contribution in [0.4, 0.5) is 0 Å². The van der Waals surface area contributed by atoms with E-state index < -0.39 is 5.97 Å². The van der Waals surface area contributed by atoms with Crippen LogP contribution in [0.3, 0.4) is 0 Å². The average Bonchev–Trinajstić information content (AvgIpc) is 2.89. The van der Waals surface area contributed by atoms with E-state index in [1.807, 2.05) is 0 Å². The molecule has 3 rings (SSSR count). The Kier molecular flexibility index (Phi) is 3.35. The Hall–Kier alpha value is -0.940. The molecule has 0 saturated carbocycles. The number of aliphatic carboxylic acids is 1. The highest BCUT2D eigenvalue weighted by atomic mass is 32.1. The first-order valence-corrected chi connectivity index (χ1v) is 7.38. The molecule has 1 aromatic heterocycles. The second kappa shape index (κ2) is 4.97. The summed E-state index contributed by atoms with van der Waals surface area (Å²) in [6.45, 7) is 0.855. The number of fused-ring (bicyclic) bond motifs is 1. The molecule has 1 aromatic rings. The summed E-state index contributed by atoms with van der Waals surface area (Å²) in [5.74, 6) is -1.11. The molecule has 1 aliphatic carbocycles. The number of rotatable bonds is 3. The molecule has 5 heteroatoms. The van der Waals surface area contributed by atoms with Gasteiger partial charge in [-0.15, -0.1) is 11.3 Å². The molecule has 98 valence electrons. The maximum atomic E-state index is 11.1. The lowest BCUT2D eigenvalue weighted by Crippen LogP contribution is -2.21. The van der Waals surface area contributed by atoms with Crippen LogP contribution in [0.15, 0.2) is 0 Å². The fourth-order valence-corrected chi connectivity index (χ4v) is 3.98. The SMILES string of the molecule is O=C(O)C1CCc2sc(CC3CCCCO3)nc21. The first-order chi connectivity index (χ1) is 8.74. The Balaban J connectivity index is 1.71. The number of carboxylic acids is 1. The van der Waals surface area contributed by atoms with E-state index in [1.54, 1.807) is 11.3 Å². The molecule has 0 radical (unpaired) electrons. The topological polar surface area (TPSA) is 59.4 Å². The lowest BCUT2D eigenvalue weighted by molar-refractivity contribution is -0.138. The van der Waals surface area contributed by atoms with Gasteiger partial charge in [0.25, 0.3) is 0 Å². The molecule has 2 aliphatic rings. The molecule has 4 nitrogen and oxygen atoms in total. The van der Waals surface area contributed by atoms with Crippen molar-refractivity contribution in [1.29, 1.82) is 0 Å². The highest BCUT2D eigenvalue weighted by molar-refractivity contribution is 7.11. The standard InChI is InChI=1S/C13H17NO3S/c15-13(16)9-4-5-10-12(9)14-11(18-10)7-8-3-1-2-6-17-8/h8-9H,1-7H2,(H,15,16). The molecule has 2 heterocycles. The van der Waals surface area contributed by atoms with Crippen molar-refractivity contribution in [3.8, 4) is 0 Å². The molecule has 0 spiro atoms. The molecule has 2 unspecified atom stereocenters. The number of aromatic nitrogens is 1. The number of thiazole rings is 1. The van der Waals surface area contributed by atoms with Gasteiger partial charge in [-0.25, -0.2) is 4.98 Å². The molecule has 0 aromatic carbocycles. The monoisotopic (exact) mass is 267 g/mol. The van der Waals surface area contributed by atoms with Crippen LogP contribution in [0.25, 0.3) is 0 Å². The summed E-state index contributed by atoms with van der Waals surface area (Å²) in [6.07, 6.45) is 6.21.